The highest BCUT2D eigenvalue weighted by atomic mass is 19.3. The highest BCUT2D eigenvalue weighted by Crippen LogP contribution is 2.47. The first kappa shape index (κ1) is 16.5. The van der Waals surface area contributed by atoms with Crippen LogP contribution < -0.4 is 0 Å². The van der Waals surface area contributed by atoms with Crippen molar-refractivity contribution in [2.24, 2.45) is 5.41 Å². The SMILES string of the molecule is CC.CC(=O)C(C)(C)C1(O)CCC(F)(F)CC1. The molecule has 0 aromatic heterocycles. The predicted octanol–water partition coefficient (Wildman–Crippen LogP) is 3.57. The number of halogens is 2. The van der Waals surface area contributed by atoms with Gasteiger partial charge in [0, 0.05) is 12.8 Å². The van der Waals surface area contributed by atoms with Crippen LogP contribution in [0.3, 0.4) is 0 Å². The fraction of sp³-hybridized carbons (Fsp3) is 0.923. The first-order valence-electron chi connectivity index (χ1n) is 6.22. The van der Waals surface area contributed by atoms with Crippen LogP contribution in [-0.4, -0.2) is 22.4 Å². The minimum Gasteiger partial charge on any atom is -0.389 e. The van der Waals surface area contributed by atoms with E-state index in [2.05, 4.69) is 0 Å². The molecule has 0 aliphatic heterocycles. The first-order chi connectivity index (χ1) is 7.61. The van der Waals surface area contributed by atoms with Crippen LogP contribution in [-0.2, 0) is 4.79 Å². The molecule has 102 valence electrons. The zero-order valence-electron chi connectivity index (χ0n) is 11.4. The van der Waals surface area contributed by atoms with Crippen LogP contribution in [0.25, 0.3) is 0 Å². The minimum atomic E-state index is -2.68. The maximum Gasteiger partial charge on any atom is 0.248 e. The lowest BCUT2D eigenvalue weighted by atomic mass is 9.65. The average Bonchev–Trinajstić information content (AvgIpc) is 2.25. The second kappa shape index (κ2) is 5.42. The third-order valence-corrected chi connectivity index (χ3v) is 3.85. The quantitative estimate of drug-likeness (QED) is 0.813. The third-order valence-electron chi connectivity index (χ3n) is 3.85. The van der Waals surface area contributed by atoms with E-state index in [1.54, 1.807) is 13.8 Å². The molecular weight excluding hydrogens is 226 g/mol. The van der Waals surface area contributed by atoms with Crippen molar-refractivity contribution in [2.75, 3.05) is 0 Å². The molecular formula is C13H24F2O2. The number of hydrogen-bond acceptors (Lipinski definition) is 2. The van der Waals surface area contributed by atoms with Gasteiger partial charge in [-0.3, -0.25) is 4.79 Å². The van der Waals surface area contributed by atoms with Gasteiger partial charge in [0.05, 0.1) is 11.0 Å². The fourth-order valence-electron chi connectivity index (χ4n) is 1.98. The van der Waals surface area contributed by atoms with Crippen molar-refractivity contribution < 1.29 is 18.7 Å². The van der Waals surface area contributed by atoms with Gasteiger partial charge in [-0.1, -0.05) is 27.7 Å². The maximum atomic E-state index is 12.9. The van der Waals surface area contributed by atoms with E-state index in [9.17, 15) is 18.7 Å². The van der Waals surface area contributed by atoms with E-state index in [4.69, 9.17) is 0 Å². The maximum absolute atomic E-state index is 12.9. The number of ketones is 1. The molecule has 17 heavy (non-hydrogen) atoms. The average molecular weight is 250 g/mol. The standard InChI is InChI=1S/C11H18F2O2.C2H6/c1-8(14)9(2,3)10(15)4-6-11(12,13)7-5-10;1-2/h15H,4-7H2,1-3H3;1-2H3. The van der Waals surface area contributed by atoms with Crippen LogP contribution in [0.2, 0.25) is 0 Å². The number of Topliss-reactive ketones (excluding diaryl/α,β-unsaturated/α-hetero) is 1. The van der Waals surface area contributed by atoms with Crippen LogP contribution in [0, 0.1) is 5.41 Å². The normalized spacial score (nSPS) is 22.4. The number of hydrogen-bond donors (Lipinski definition) is 1. The Labute approximate surface area is 102 Å². The van der Waals surface area contributed by atoms with Crippen LogP contribution in [0.4, 0.5) is 8.78 Å². The smallest absolute Gasteiger partial charge is 0.248 e. The molecule has 0 spiro atoms. The fourth-order valence-corrected chi connectivity index (χ4v) is 1.98. The molecule has 0 aromatic carbocycles. The van der Waals surface area contributed by atoms with E-state index in [0.29, 0.717) is 0 Å². The molecule has 4 heteroatoms. The lowest BCUT2D eigenvalue weighted by Gasteiger charge is -2.45. The third kappa shape index (κ3) is 3.47. The van der Waals surface area contributed by atoms with Gasteiger partial charge in [0.25, 0.3) is 0 Å². The van der Waals surface area contributed by atoms with Crippen molar-refractivity contribution in [3.05, 3.63) is 0 Å². The van der Waals surface area contributed by atoms with Crippen LogP contribution in [0.15, 0.2) is 0 Å². The van der Waals surface area contributed by atoms with Gasteiger partial charge in [0.2, 0.25) is 5.92 Å². The Morgan fingerprint density at radius 2 is 1.47 bits per heavy atom. The van der Waals surface area contributed by atoms with Crippen LogP contribution in [0.5, 0.6) is 0 Å². The highest BCUT2D eigenvalue weighted by molar-refractivity contribution is 5.82. The topological polar surface area (TPSA) is 37.3 Å². The Balaban J connectivity index is 0.00000121. The Morgan fingerprint density at radius 3 is 1.76 bits per heavy atom. The molecule has 0 saturated heterocycles. The molecule has 0 aromatic rings. The summed E-state index contributed by atoms with van der Waals surface area (Å²) in [5, 5.41) is 10.2. The molecule has 2 nitrogen and oxygen atoms in total. The monoisotopic (exact) mass is 250 g/mol. The zero-order chi connectivity index (χ0) is 13.9. The molecule has 1 N–H and O–H groups in total. The van der Waals surface area contributed by atoms with Gasteiger partial charge in [0.1, 0.15) is 5.78 Å². The number of aliphatic hydroxyl groups is 1. The van der Waals surface area contributed by atoms with Crippen LogP contribution >= 0.6 is 0 Å². The molecule has 0 amide bonds. The zero-order valence-corrected chi connectivity index (χ0v) is 11.4. The number of alkyl halides is 2. The summed E-state index contributed by atoms with van der Waals surface area (Å²) in [4.78, 5) is 11.4. The van der Waals surface area contributed by atoms with Gasteiger partial charge in [0.15, 0.2) is 0 Å². The Kier molecular flexibility index (Phi) is 5.26. The molecule has 0 unspecified atom stereocenters. The lowest BCUT2D eigenvalue weighted by molar-refractivity contribution is -0.165. The summed E-state index contributed by atoms with van der Waals surface area (Å²) >= 11 is 0. The Morgan fingerprint density at radius 1 is 1.12 bits per heavy atom. The van der Waals surface area contributed by atoms with E-state index in [1.807, 2.05) is 13.8 Å². The van der Waals surface area contributed by atoms with Crippen molar-refractivity contribution in [1.29, 1.82) is 0 Å². The number of carbonyl (C=O) groups is 1. The summed E-state index contributed by atoms with van der Waals surface area (Å²) < 4.78 is 25.9. The summed E-state index contributed by atoms with van der Waals surface area (Å²) in [6.45, 7) is 8.64. The van der Waals surface area contributed by atoms with E-state index in [1.165, 1.54) is 6.92 Å². The predicted molar refractivity (Wildman–Crippen MR) is 64.2 cm³/mol. The van der Waals surface area contributed by atoms with Crippen molar-refractivity contribution in [3.8, 4) is 0 Å². The van der Waals surface area contributed by atoms with E-state index >= 15 is 0 Å². The molecule has 0 bridgehead atoms. The van der Waals surface area contributed by atoms with Crippen molar-refractivity contribution >= 4 is 5.78 Å². The molecule has 1 saturated carbocycles. The lowest BCUT2D eigenvalue weighted by Crippen LogP contribution is -2.52. The first-order valence-corrected chi connectivity index (χ1v) is 6.22. The van der Waals surface area contributed by atoms with Gasteiger partial charge in [-0.25, -0.2) is 8.78 Å². The van der Waals surface area contributed by atoms with E-state index < -0.39 is 16.9 Å². The largest absolute Gasteiger partial charge is 0.389 e. The molecule has 0 atom stereocenters. The molecule has 1 aliphatic rings. The summed E-state index contributed by atoms with van der Waals surface area (Å²) in [5.41, 5.74) is -2.22. The summed E-state index contributed by atoms with van der Waals surface area (Å²) in [5.74, 6) is -2.84. The van der Waals surface area contributed by atoms with Crippen LogP contribution in [0.1, 0.15) is 60.3 Å². The Hall–Kier alpha value is -0.510. The van der Waals surface area contributed by atoms with Gasteiger partial charge in [-0.05, 0) is 19.8 Å². The molecule has 0 heterocycles. The Bertz CT molecular complexity index is 263. The minimum absolute atomic E-state index is 0.00736. The van der Waals surface area contributed by atoms with Crippen molar-refractivity contribution in [2.45, 2.75) is 71.8 Å². The highest BCUT2D eigenvalue weighted by Gasteiger charge is 2.52. The summed E-state index contributed by atoms with van der Waals surface area (Å²) in [7, 11) is 0. The molecule has 1 rings (SSSR count). The van der Waals surface area contributed by atoms with E-state index in [-0.39, 0.29) is 31.5 Å². The van der Waals surface area contributed by atoms with Gasteiger partial charge >= 0.3 is 0 Å². The molecule has 0 radical (unpaired) electrons. The molecule has 1 fully saturated rings. The van der Waals surface area contributed by atoms with Gasteiger partial charge < -0.3 is 5.11 Å². The van der Waals surface area contributed by atoms with Crippen molar-refractivity contribution in [1.82, 2.24) is 0 Å². The van der Waals surface area contributed by atoms with Gasteiger partial charge in [-0.15, -0.1) is 0 Å². The van der Waals surface area contributed by atoms with E-state index in [0.717, 1.165) is 0 Å². The second-order valence-corrected chi connectivity index (χ2v) is 5.07. The summed E-state index contributed by atoms with van der Waals surface area (Å²) in [6, 6.07) is 0. The van der Waals surface area contributed by atoms with Gasteiger partial charge in [-0.2, -0.15) is 0 Å². The number of rotatable bonds is 2. The number of carbonyl (C=O) groups excluding carboxylic acids is 1. The summed E-state index contributed by atoms with van der Waals surface area (Å²) in [6.07, 6.45) is -0.681. The molecule has 1 aliphatic carbocycles. The van der Waals surface area contributed by atoms with Crippen molar-refractivity contribution in [3.63, 3.8) is 0 Å². The second-order valence-electron chi connectivity index (χ2n) is 5.07.